The molecule has 0 aromatic heterocycles. The normalized spacial score (nSPS) is 10.6. The van der Waals surface area contributed by atoms with Crippen LogP contribution in [-0.2, 0) is 0 Å². The van der Waals surface area contributed by atoms with Crippen molar-refractivity contribution in [2.75, 3.05) is 27.2 Å². The SMILES string of the molecule is CN(C)CCCOc1ccc(C(N)=S)cc1Cl. The largest absolute Gasteiger partial charge is 0.492 e. The summed E-state index contributed by atoms with van der Waals surface area (Å²) >= 11 is 10.9. The number of thiocarbonyl (C=S) groups is 1. The summed E-state index contributed by atoms with van der Waals surface area (Å²) < 4.78 is 5.58. The van der Waals surface area contributed by atoms with Gasteiger partial charge in [0, 0.05) is 12.1 Å². The number of nitrogens with zero attached hydrogens (tertiary/aromatic N) is 1. The molecule has 0 bridgehead atoms. The minimum Gasteiger partial charge on any atom is -0.492 e. The summed E-state index contributed by atoms with van der Waals surface area (Å²) in [6, 6.07) is 5.34. The van der Waals surface area contributed by atoms with Gasteiger partial charge >= 0.3 is 0 Å². The van der Waals surface area contributed by atoms with Crippen LogP contribution in [0.4, 0.5) is 0 Å². The summed E-state index contributed by atoms with van der Waals surface area (Å²) in [5.74, 6) is 0.672. The maximum Gasteiger partial charge on any atom is 0.137 e. The van der Waals surface area contributed by atoms with Crippen molar-refractivity contribution in [2.45, 2.75) is 6.42 Å². The summed E-state index contributed by atoms with van der Waals surface area (Å²) in [6.45, 7) is 1.63. The average molecular weight is 273 g/mol. The van der Waals surface area contributed by atoms with E-state index in [0.717, 1.165) is 18.5 Å². The Morgan fingerprint density at radius 1 is 1.47 bits per heavy atom. The van der Waals surface area contributed by atoms with Gasteiger partial charge in [-0.2, -0.15) is 0 Å². The predicted molar refractivity (Wildman–Crippen MR) is 76.0 cm³/mol. The fourth-order valence-corrected chi connectivity index (χ4v) is 1.70. The number of ether oxygens (including phenoxy) is 1. The maximum absolute atomic E-state index is 6.06. The van der Waals surface area contributed by atoms with Crippen molar-refractivity contribution >= 4 is 28.8 Å². The van der Waals surface area contributed by atoms with Crippen LogP contribution < -0.4 is 10.5 Å². The van der Waals surface area contributed by atoms with Crippen LogP contribution in [0.15, 0.2) is 18.2 Å². The lowest BCUT2D eigenvalue weighted by atomic mass is 10.2. The number of nitrogens with two attached hydrogens (primary N) is 1. The van der Waals surface area contributed by atoms with Crippen LogP contribution >= 0.6 is 23.8 Å². The Hall–Kier alpha value is -0.840. The van der Waals surface area contributed by atoms with E-state index in [4.69, 9.17) is 34.3 Å². The van der Waals surface area contributed by atoms with Gasteiger partial charge in [0.1, 0.15) is 10.7 Å². The van der Waals surface area contributed by atoms with Gasteiger partial charge in [-0.15, -0.1) is 0 Å². The first-order chi connectivity index (χ1) is 8.00. The first-order valence-corrected chi connectivity index (χ1v) is 6.16. The molecular formula is C12H17ClN2OS. The van der Waals surface area contributed by atoms with Crippen molar-refractivity contribution in [3.8, 4) is 5.75 Å². The maximum atomic E-state index is 6.06. The molecule has 0 saturated heterocycles. The zero-order valence-electron chi connectivity index (χ0n) is 10.1. The molecule has 5 heteroatoms. The third-order valence-corrected chi connectivity index (χ3v) is 2.75. The molecule has 94 valence electrons. The lowest BCUT2D eigenvalue weighted by molar-refractivity contribution is 0.282. The lowest BCUT2D eigenvalue weighted by Gasteiger charge is -2.11. The average Bonchev–Trinajstić information content (AvgIpc) is 2.25. The first-order valence-electron chi connectivity index (χ1n) is 5.37. The molecule has 0 unspecified atom stereocenters. The second-order valence-electron chi connectivity index (χ2n) is 4.01. The van der Waals surface area contributed by atoms with Crippen molar-refractivity contribution < 1.29 is 4.74 Å². The second kappa shape index (κ2) is 6.79. The van der Waals surface area contributed by atoms with Crippen LogP contribution in [0.25, 0.3) is 0 Å². The van der Waals surface area contributed by atoms with E-state index in [1.54, 1.807) is 12.1 Å². The number of hydrogen-bond acceptors (Lipinski definition) is 3. The summed E-state index contributed by atoms with van der Waals surface area (Å²) in [5.41, 5.74) is 6.27. The summed E-state index contributed by atoms with van der Waals surface area (Å²) in [5, 5.41) is 0.542. The Kier molecular flexibility index (Phi) is 5.68. The number of hydrogen-bond donors (Lipinski definition) is 1. The van der Waals surface area contributed by atoms with Crippen LogP contribution in [0, 0.1) is 0 Å². The predicted octanol–water partition coefficient (Wildman–Crippen LogP) is 2.30. The minimum absolute atomic E-state index is 0.339. The van der Waals surface area contributed by atoms with Gasteiger partial charge in [-0.25, -0.2) is 0 Å². The Bertz CT molecular complexity index is 396. The standard InChI is InChI=1S/C12H17ClN2OS/c1-15(2)6-3-7-16-11-5-4-9(12(14)17)8-10(11)13/h4-5,8H,3,6-7H2,1-2H3,(H2,14,17). The van der Waals surface area contributed by atoms with Crippen molar-refractivity contribution in [1.82, 2.24) is 4.90 Å². The van der Waals surface area contributed by atoms with Gasteiger partial charge in [0.2, 0.25) is 0 Å². The van der Waals surface area contributed by atoms with Gasteiger partial charge in [0.15, 0.2) is 0 Å². The van der Waals surface area contributed by atoms with Gasteiger partial charge in [-0.3, -0.25) is 0 Å². The molecule has 0 heterocycles. The molecule has 0 spiro atoms. The molecule has 2 N–H and O–H groups in total. The van der Waals surface area contributed by atoms with Gasteiger partial charge in [0.05, 0.1) is 11.6 Å². The summed E-state index contributed by atoms with van der Waals surface area (Å²) in [7, 11) is 4.06. The van der Waals surface area contributed by atoms with Crippen LogP contribution in [0.5, 0.6) is 5.75 Å². The molecule has 0 aliphatic heterocycles. The van der Waals surface area contributed by atoms with Gasteiger partial charge < -0.3 is 15.4 Å². The fraction of sp³-hybridized carbons (Fsp3) is 0.417. The van der Waals surface area contributed by atoms with Crippen LogP contribution in [-0.4, -0.2) is 37.1 Å². The molecule has 0 aliphatic rings. The highest BCUT2D eigenvalue weighted by atomic mass is 35.5. The zero-order chi connectivity index (χ0) is 12.8. The minimum atomic E-state index is 0.339. The van der Waals surface area contributed by atoms with E-state index >= 15 is 0 Å². The molecule has 1 aromatic carbocycles. The van der Waals surface area contributed by atoms with Crippen LogP contribution in [0.2, 0.25) is 5.02 Å². The smallest absolute Gasteiger partial charge is 0.137 e. The van der Waals surface area contributed by atoms with E-state index in [1.165, 1.54) is 0 Å². The molecule has 3 nitrogen and oxygen atoms in total. The van der Waals surface area contributed by atoms with E-state index in [-0.39, 0.29) is 0 Å². The molecule has 1 rings (SSSR count). The van der Waals surface area contributed by atoms with Gasteiger partial charge in [-0.05, 0) is 38.7 Å². The van der Waals surface area contributed by atoms with Gasteiger partial charge in [0.25, 0.3) is 0 Å². The number of benzene rings is 1. The molecule has 0 atom stereocenters. The molecule has 17 heavy (non-hydrogen) atoms. The Balaban J connectivity index is 2.52. The van der Waals surface area contributed by atoms with Crippen molar-refractivity contribution in [1.29, 1.82) is 0 Å². The van der Waals surface area contributed by atoms with Crippen molar-refractivity contribution in [3.05, 3.63) is 28.8 Å². The molecule has 0 fully saturated rings. The molecule has 1 aromatic rings. The lowest BCUT2D eigenvalue weighted by Crippen LogP contribution is -2.15. The van der Waals surface area contributed by atoms with Crippen LogP contribution in [0.1, 0.15) is 12.0 Å². The second-order valence-corrected chi connectivity index (χ2v) is 4.86. The zero-order valence-corrected chi connectivity index (χ0v) is 11.6. The molecule has 0 amide bonds. The Morgan fingerprint density at radius 2 is 2.18 bits per heavy atom. The first kappa shape index (κ1) is 14.2. The summed E-state index contributed by atoms with van der Waals surface area (Å²) in [4.78, 5) is 2.45. The topological polar surface area (TPSA) is 38.5 Å². The number of rotatable bonds is 6. The Labute approximate surface area is 112 Å². The van der Waals surface area contributed by atoms with Crippen molar-refractivity contribution in [2.24, 2.45) is 5.73 Å². The monoisotopic (exact) mass is 272 g/mol. The van der Waals surface area contributed by atoms with Gasteiger partial charge in [-0.1, -0.05) is 23.8 Å². The molecular weight excluding hydrogens is 256 g/mol. The van der Waals surface area contributed by atoms with Crippen LogP contribution in [0.3, 0.4) is 0 Å². The Morgan fingerprint density at radius 3 is 2.71 bits per heavy atom. The van der Waals surface area contributed by atoms with E-state index < -0.39 is 0 Å². The van der Waals surface area contributed by atoms with E-state index in [0.29, 0.717) is 22.4 Å². The molecule has 0 radical (unpaired) electrons. The van der Waals surface area contributed by atoms with E-state index in [2.05, 4.69) is 4.90 Å². The molecule has 0 aliphatic carbocycles. The van der Waals surface area contributed by atoms with E-state index in [9.17, 15) is 0 Å². The molecule has 0 saturated carbocycles. The third-order valence-electron chi connectivity index (χ3n) is 2.22. The highest BCUT2D eigenvalue weighted by Crippen LogP contribution is 2.25. The highest BCUT2D eigenvalue weighted by molar-refractivity contribution is 7.80. The third kappa shape index (κ3) is 4.89. The van der Waals surface area contributed by atoms with Crippen molar-refractivity contribution in [3.63, 3.8) is 0 Å². The number of halogens is 1. The van der Waals surface area contributed by atoms with E-state index in [1.807, 2.05) is 20.2 Å². The summed E-state index contributed by atoms with van der Waals surface area (Å²) in [6.07, 6.45) is 0.959. The highest BCUT2D eigenvalue weighted by Gasteiger charge is 2.04. The quantitative estimate of drug-likeness (QED) is 0.637. The fourth-order valence-electron chi connectivity index (χ4n) is 1.33.